The number of primary amides is 1. The third kappa shape index (κ3) is 4.69. The number of benzene rings is 1. The third-order valence-corrected chi connectivity index (χ3v) is 3.70. The van der Waals surface area contributed by atoms with Gasteiger partial charge in [-0.3, -0.25) is 4.79 Å². The van der Waals surface area contributed by atoms with Crippen LogP contribution in [0, 0.1) is 0 Å². The lowest BCUT2D eigenvalue weighted by molar-refractivity contribution is -0.115. The van der Waals surface area contributed by atoms with E-state index in [9.17, 15) is 4.79 Å². The van der Waals surface area contributed by atoms with Crippen LogP contribution in [0.15, 0.2) is 29.2 Å². The predicted octanol–water partition coefficient (Wildman–Crippen LogP) is 2.86. The first-order valence-electron chi connectivity index (χ1n) is 5.94. The molecule has 1 aromatic carbocycles. The third-order valence-electron chi connectivity index (χ3n) is 2.60. The maximum absolute atomic E-state index is 10.8. The molecule has 1 rings (SSSR count). The number of hydrogen-bond acceptors (Lipinski definition) is 3. The zero-order chi connectivity index (χ0) is 12.7. The molecule has 0 heterocycles. The van der Waals surface area contributed by atoms with Gasteiger partial charge in [-0.1, -0.05) is 26.0 Å². The van der Waals surface area contributed by atoms with Gasteiger partial charge in [-0.15, -0.1) is 11.8 Å². The summed E-state index contributed by atoms with van der Waals surface area (Å²) in [4.78, 5) is 11.9. The van der Waals surface area contributed by atoms with E-state index in [-0.39, 0.29) is 5.91 Å². The normalized spacial score (nSPS) is 10.5. The maximum Gasteiger partial charge on any atom is 0.227 e. The van der Waals surface area contributed by atoms with E-state index in [2.05, 4.69) is 19.2 Å². The highest BCUT2D eigenvalue weighted by Crippen LogP contribution is 2.27. The number of thioether (sulfide) groups is 1. The molecule has 94 valence electrons. The quantitative estimate of drug-likeness (QED) is 0.734. The smallest absolute Gasteiger partial charge is 0.227 e. The van der Waals surface area contributed by atoms with Crippen LogP contribution in [-0.4, -0.2) is 17.7 Å². The van der Waals surface area contributed by atoms with Crippen LogP contribution in [0.1, 0.15) is 26.7 Å². The molecule has 0 spiro atoms. The Morgan fingerprint density at radius 2 is 2.00 bits per heavy atom. The molecule has 3 N–H and O–H groups in total. The van der Waals surface area contributed by atoms with E-state index in [1.807, 2.05) is 24.3 Å². The standard InChI is InChI=1S/C13H20N2OS/c1-3-10(4-2)15-11-7-5-6-8-12(11)17-9-13(14)16/h5-8,10,15H,3-4,9H2,1-2H3,(H2,14,16). The van der Waals surface area contributed by atoms with Crippen molar-refractivity contribution in [1.29, 1.82) is 0 Å². The minimum absolute atomic E-state index is 0.285. The molecule has 0 aliphatic carbocycles. The molecule has 0 fully saturated rings. The van der Waals surface area contributed by atoms with Crippen molar-refractivity contribution in [2.45, 2.75) is 37.6 Å². The fourth-order valence-electron chi connectivity index (χ4n) is 1.57. The van der Waals surface area contributed by atoms with Crippen LogP contribution in [0.25, 0.3) is 0 Å². The average Bonchev–Trinajstić information content (AvgIpc) is 2.34. The Morgan fingerprint density at radius 1 is 1.35 bits per heavy atom. The molecule has 0 saturated heterocycles. The first-order chi connectivity index (χ1) is 8.17. The summed E-state index contributed by atoms with van der Waals surface area (Å²) in [6.07, 6.45) is 2.18. The number of rotatable bonds is 7. The highest BCUT2D eigenvalue weighted by Gasteiger charge is 2.08. The van der Waals surface area contributed by atoms with Crippen molar-refractivity contribution in [3.05, 3.63) is 24.3 Å². The summed E-state index contributed by atoms with van der Waals surface area (Å²) in [6, 6.07) is 8.51. The lowest BCUT2D eigenvalue weighted by Crippen LogP contribution is -2.18. The number of hydrogen-bond donors (Lipinski definition) is 2. The molecule has 0 aliphatic rings. The first-order valence-corrected chi connectivity index (χ1v) is 6.92. The Balaban J connectivity index is 2.72. The van der Waals surface area contributed by atoms with Gasteiger partial charge in [-0.05, 0) is 25.0 Å². The van der Waals surface area contributed by atoms with Crippen LogP contribution in [0.3, 0.4) is 0 Å². The van der Waals surface area contributed by atoms with Gasteiger partial charge >= 0.3 is 0 Å². The summed E-state index contributed by atoms with van der Waals surface area (Å²) in [5.41, 5.74) is 6.25. The fraction of sp³-hybridized carbons (Fsp3) is 0.462. The van der Waals surface area contributed by atoms with Crippen molar-refractivity contribution in [2.24, 2.45) is 5.73 Å². The summed E-state index contributed by atoms with van der Waals surface area (Å²) in [5.74, 6) is 0.0362. The van der Waals surface area contributed by atoms with Crippen LogP contribution >= 0.6 is 11.8 Å². The number of anilines is 1. The van der Waals surface area contributed by atoms with Gasteiger partial charge in [0.2, 0.25) is 5.91 Å². The maximum atomic E-state index is 10.8. The van der Waals surface area contributed by atoms with E-state index in [1.165, 1.54) is 11.8 Å². The summed E-state index contributed by atoms with van der Waals surface area (Å²) < 4.78 is 0. The van der Waals surface area contributed by atoms with E-state index >= 15 is 0 Å². The van der Waals surface area contributed by atoms with E-state index in [0.29, 0.717) is 11.8 Å². The second kappa shape index (κ2) is 7.22. The van der Waals surface area contributed by atoms with E-state index in [1.54, 1.807) is 0 Å². The molecular formula is C13H20N2OS. The van der Waals surface area contributed by atoms with Crippen LogP contribution in [-0.2, 0) is 4.79 Å². The minimum Gasteiger partial charge on any atom is -0.381 e. The highest BCUT2D eigenvalue weighted by atomic mass is 32.2. The first kappa shape index (κ1) is 13.9. The second-order valence-corrected chi connectivity index (χ2v) is 4.93. The van der Waals surface area contributed by atoms with E-state index < -0.39 is 0 Å². The number of carbonyl (C=O) groups excluding carboxylic acids is 1. The van der Waals surface area contributed by atoms with Gasteiger partial charge in [0, 0.05) is 16.6 Å². The molecule has 0 bridgehead atoms. The van der Waals surface area contributed by atoms with Crippen LogP contribution in [0.5, 0.6) is 0 Å². The van der Waals surface area contributed by atoms with E-state index in [4.69, 9.17) is 5.73 Å². The highest BCUT2D eigenvalue weighted by molar-refractivity contribution is 8.00. The number of nitrogens with two attached hydrogens (primary N) is 1. The SMILES string of the molecule is CCC(CC)Nc1ccccc1SCC(N)=O. The van der Waals surface area contributed by atoms with Crippen LogP contribution in [0.2, 0.25) is 0 Å². The molecule has 1 amide bonds. The van der Waals surface area contributed by atoms with Gasteiger partial charge in [0.05, 0.1) is 5.75 Å². The Morgan fingerprint density at radius 3 is 2.59 bits per heavy atom. The topological polar surface area (TPSA) is 55.1 Å². The lowest BCUT2D eigenvalue weighted by Gasteiger charge is -2.18. The molecular weight excluding hydrogens is 232 g/mol. The molecule has 3 nitrogen and oxygen atoms in total. The Bertz CT molecular complexity index is 364. The molecule has 0 saturated carbocycles. The average molecular weight is 252 g/mol. The van der Waals surface area contributed by atoms with Crippen LogP contribution < -0.4 is 11.1 Å². The van der Waals surface area contributed by atoms with Crippen molar-refractivity contribution in [1.82, 2.24) is 0 Å². The number of carbonyl (C=O) groups is 1. The molecule has 1 aromatic rings. The second-order valence-electron chi connectivity index (χ2n) is 3.91. The van der Waals surface area contributed by atoms with Gasteiger partial charge < -0.3 is 11.1 Å². The number of para-hydroxylation sites is 1. The zero-order valence-corrected chi connectivity index (χ0v) is 11.2. The summed E-state index contributed by atoms with van der Waals surface area (Å²) in [5, 5.41) is 3.50. The van der Waals surface area contributed by atoms with Gasteiger partial charge in [0.25, 0.3) is 0 Å². The van der Waals surface area contributed by atoms with Crippen molar-refractivity contribution < 1.29 is 4.79 Å². The van der Waals surface area contributed by atoms with Crippen molar-refractivity contribution in [3.63, 3.8) is 0 Å². The lowest BCUT2D eigenvalue weighted by atomic mass is 10.1. The monoisotopic (exact) mass is 252 g/mol. The van der Waals surface area contributed by atoms with Gasteiger partial charge in [0.1, 0.15) is 0 Å². The molecule has 0 aliphatic heterocycles. The number of nitrogens with one attached hydrogen (secondary N) is 1. The molecule has 0 radical (unpaired) electrons. The summed E-state index contributed by atoms with van der Waals surface area (Å²) in [6.45, 7) is 4.33. The molecule has 4 heteroatoms. The summed E-state index contributed by atoms with van der Waals surface area (Å²) in [7, 11) is 0. The molecule has 0 atom stereocenters. The predicted molar refractivity (Wildman–Crippen MR) is 74.4 cm³/mol. The Labute approximate surface area is 107 Å². The van der Waals surface area contributed by atoms with Crippen molar-refractivity contribution in [3.8, 4) is 0 Å². The molecule has 0 aromatic heterocycles. The zero-order valence-electron chi connectivity index (χ0n) is 10.4. The fourth-order valence-corrected chi connectivity index (χ4v) is 2.33. The van der Waals surface area contributed by atoms with Crippen molar-refractivity contribution >= 4 is 23.4 Å². The number of amides is 1. The van der Waals surface area contributed by atoms with Gasteiger partial charge in [0.15, 0.2) is 0 Å². The Hall–Kier alpha value is -1.16. The van der Waals surface area contributed by atoms with E-state index in [0.717, 1.165) is 23.4 Å². The largest absolute Gasteiger partial charge is 0.381 e. The molecule has 0 unspecified atom stereocenters. The molecule has 17 heavy (non-hydrogen) atoms. The van der Waals surface area contributed by atoms with Gasteiger partial charge in [-0.25, -0.2) is 0 Å². The van der Waals surface area contributed by atoms with Crippen molar-refractivity contribution in [2.75, 3.05) is 11.1 Å². The van der Waals surface area contributed by atoms with Gasteiger partial charge in [-0.2, -0.15) is 0 Å². The summed E-state index contributed by atoms with van der Waals surface area (Å²) >= 11 is 1.48. The minimum atomic E-state index is -0.285. The Kier molecular flexibility index (Phi) is 5.91. The van der Waals surface area contributed by atoms with Crippen LogP contribution in [0.4, 0.5) is 5.69 Å².